The number of rotatable bonds is 5. The average Bonchev–Trinajstić information content (AvgIpc) is 3.77. The van der Waals surface area contributed by atoms with E-state index in [1.54, 1.807) is 57.5 Å². The molecule has 4 aliphatic heterocycles. The van der Waals surface area contributed by atoms with Gasteiger partial charge in [0.1, 0.15) is 48.1 Å². The second kappa shape index (κ2) is 10.9. The molecule has 4 aromatic heterocycles. The summed E-state index contributed by atoms with van der Waals surface area (Å²) >= 11 is 14.4. The van der Waals surface area contributed by atoms with Gasteiger partial charge in [-0.15, -0.1) is 92.4 Å². The lowest BCUT2D eigenvalue weighted by atomic mass is 10.2. The fourth-order valence-corrected chi connectivity index (χ4v) is 14.5. The van der Waals surface area contributed by atoms with E-state index in [9.17, 15) is 0 Å². The Kier molecular flexibility index (Phi) is 7.27. The molecule has 0 N–H and O–H groups in total. The van der Waals surface area contributed by atoms with Gasteiger partial charge in [0.15, 0.2) is 34.5 Å². The van der Waals surface area contributed by atoms with Gasteiger partial charge in [-0.25, -0.2) is 0 Å². The molecule has 8 heterocycles. The maximum Gasteiger partial charge on any atom is 0.186 e. The smallest absolute Gasteiger partial charge is 0.186 e. The van der Waals surface area contributed by atoms with Crippen LogP contribution in [0.15, 0.2) is 18.2 Å². The van der Waals surface area contributed by atoms with E-state index < -0.39 is 0 Å². The molecule has 8 rings (SSSR count). The Balaban J connectivity index is 1.32. The maximum absolute atomic E-state index is 6.36. The molecule has 14 heteroatoms. The lowest BCUT2D eigenvalue weighted by Crippen LogP contribution is -2.15. The van der Waals surface area contributed by atoms with Crippen LogP contribution in [0.4, 0.5) is 0 Å². The third-order valence-electron chi connectivity index (χ3n) is 6.52. The van der Waals surface area contributed by atoms with Crippen LogP contribution in [0.3, 0.4) is 0 Å². The fraction of sp³-hybridized carbons (Fsp3) is 0.385. The molecule has 0 spiro atoms. The Morgan fingerprint density at radius 2 is 0.750 bits per heavy atom. The van der Waals surface area contributed by atoms with Crippen LogP contribution in [-0.2, 0) is 0 Å². The zero-order chi connectivity index (χ0) is 26.8. The van der Waals surface area contributed by atoms with E-state index in [0.29, 0.717) is 39.6 Å². The first-order valence-corrected chi connectivity index (χ1v) is 20.2. The molecule has 0 saturated carbocycles. The van der Waals surface area contributed by atoms with Crippen molar-refractivity contribution in [2.45, 2.75) is 18.2 Å². The lowest BCUT2D eigenvalue weighted by molar-refractivity contribution is 0.169. The highest BCUT2D eigenvalue weighted by atomic mass is 32.2. The Bertz CT molecular complexity index is 1500. The van der Waals surface area contributed by atoms with Gasteiger partial charge in [-0.3, -0.25) is 0 Å². The second-order valence-corrected chi connectivity index (χ2v) is 17.2. The van der Waals surface area contributed by atoms with Crippen molar-refractivity contribution < 1.29 is 28.4 Å². The van der Waals surface area contributed by atoms with E-state index in [4.69, 9.17) is 28.4 Å². The monoisotopic (exact) mass is 686 g/mol. The molecule has 0 aromatic carbocycles. The Morgan fingerprint density at radius 3 is 1.20 bits per heavy atom. The van der Waals surface area contributed by atoms with E-state index in [1.807, 2.05) is 34.9 Å². The van der Waals surface area contributed by atoms with Gasteiger partial charge in [0, 0.05) is 21.3 Å². The van der Waals surface area contributed by atoms with Crippen LogP contribution >= 0.6 is 92.4 Å². The summed E-state index contributed by atoms with van der Waals surface area (Å²) in [7, 11) is 0. The molecular formula is C26H22O6S8. The summed E-state index contributed by atoms with van der Waals surface area (Å²) in [5, 5.41) is 0. The molecule has 4 aromatic rings. The molecule has 0 bridgehead atoms. The van der Waals surface area contributed by atoms with E-state index in [2.05, 4.69) is 12.5 Å². The van der Waals surface area contributed by atoms with Crippen molar-refractivity contribution in [1.29, 1.82) is 0 Å². The maximum atomic E-state index is 6.36. The van der Waals surface area contributed by atoms with Crippen molar-refractivity contribution in [1.82, 2.24) is 0 Å². The molecule has 0 aliphatic carbocycles. The summed E-state index contributed by atoms with van der Waals surface area (Å²) in [6.07, 6.45) is 4.18. The minimum Gasteiger partial charge on any atom is -0.485 e. The SMILES string of the molecule is CSc1sc(-c2sc(-c3sc(-c4sc(SC)c5c4OCCO5)c4c3SCCS4)c3c2OCCO3)c2c1OCCO2. The van der Waals surface area contributed by atoms with Gasteiger partial charge in [0.25, 0.3) is 0 Å². The second-order valence-electron chi connectivity index (χ2n) is 8.79. The molecule has 210 valence electrons. The molecular weight excluding hydrogens is 665 g/mol. The first-order chi connectivity index (χ1) is 19.8. The Morgan fingerprint density at radius 1 is 0.425 bits per heavy atom. The number of thiophene rings is 4. The molecule has 0 amide bonds. The molecule has 0 atom stereocenters. The third-order valence-corrected chi connectivity index (χ3v) is 16.7. The van der Waals surface area contributed by atoms with Crippen LogP contribution < -0.4 is 28.4 Å². The number of hydrogen-bond acceptors (Lipinski definition) is 14. The van der Waals surface area contributed by atoms with Gasteiger partial charge in [-0.05, 0) is 12.5 Å². The van der Waals surface area contributed by atoms with Crippen molar-refractivity contribution in [3.05, 3.63) is 0 Å². The molecule has 0 unspecified atom stereocenters. The van der Waals surface area contributed by atoms with Crippen molar-refractivity contribution >= 4 is 92.4 Å². The van der Waals surface area contributed by atoms with Crippen molar-refractivity contribution in [3.63, 3.8) is 0 Å². The summed E-state index contributed by atoms with van der Waals surface area (Å²) in [5.74, 6) is 7.32. The molecule has 0 radical (unpaired) electrons. The summed E-state index contributed by atoms with van der Waals surface area (Å²) < 4.78 is 39.5. The minimum absolute atomic E-state index is 0.533. The molecule has 0 saturated heterocycles. The summed E-state index contributed by atoms with van der Waals surface area (Å²) in [5.41, 5.74) is 0. The summed E-state index contributed by atoms with van der Waals surface area (Å²) in [6, 6.07) is 0. The first-order valence-electron chi connectivity index (χ1n) is 12.6. The van der Waals surface area contributed by atoms with Gasteiger partial charge in [-0.1, -0.05) is 0 Å². The average molecular weight is 687 g/mol. The van der Waals surface area contributed by atoms with Crippen LogP contribution in [-0.4, -0.2) is 63.7 Å². The zero-order valence-corrected chi connectivity index (χ0v) is 27.9. The van der Waals surface area contributed by atoms with Gasteiger partial charge in [0.2, 0.25) is 0 Å². The van der Waals surface area contributed by atoms with Crippen LogP contribution in [0.5, 0.6) is 34.5 Å². The largest absolute Gasteiger partial charge is 0.485 e. The summed E-state index contributed by atoms with van der Waals surface area (Å²) in [6.45, 7) is 3.36. The predicted octanol–water partition coefficient (Wildman–Crippen LogP) is 8.89. The quantitative estimate of drug-likeness (QED) is 0.190. The Labute approximate surface area is 264 Å². The molecule has 4 aliphatic rings. The van der Waals surface area contributed by atoms with Crippen LogP contribution in [0.1, 0.15) is 0 Å². The van der Waals surface area contributed by atoms with E-state index in [1.165, 1.54) is 28.6 Å². The molecule has 6 nitrogen and oxygen atoms in total. The number of thioether (sulfide) groups is 4. The van der Waals surface area contributed by atoms with E-state index in [0.717, 1.165) is 64.8 Å². The third kappa shape index (κ3) is 4.19. The molecule has 40 heavy (non-hydrogen) atoms. The van der Waals surface area contributed by atoms with Crippen molar-refractivity contribution in [3.8, 4) is 63.8 Å². The standard InChI is InChI=1S/C26H22O6S8/c1-33-25-15-13(29-5-7-31-15)18(39-25)17-11-12(28-4-3-27-11)19(37-17)23-21-22(36-10-9-35-21)24(38-23)20-14-16(26(34-2)40-20)32-8-6-30-14/h3-10H2,1-2H3. The highest BCUT2D eigenvalue weighted by Gasteiger charge is 2.37. The summed E-state index contributed by atoms with van der Waals surface area (Å²) in [4.78, 5) is 9.62. The highest BCUT2D eigenvalue weighted by Crippen LogP contribution is 2.65. The zero-order valence-electron chi connectivity index (χ0n) is 21.4. The van der Waals surface area contributed by atoms with Crippen molar-refractivity contribution in [2.75, 3.05) is 63.7 Å². The topological polar surface area (TPSA) is 55.4 Å². The van der Waals surface area contributed by atoms with Crippen LogP contribution in [0.25, 0.3) is 29.3 Å². The van der Waals surface area contributed by atoms with E-state index in [-0.39, 0.29) is 0 Å². The number of ether oxygens (including phenoxy) is 6. The predicted molar refractivity (Wildman–Crippen MR) is 172 cm³/mol. The van der Waals surface area contributed by atoms with Gasteiger partial charge < -0.3 is 28.4 Å². The van der Waals surface area contributed by atoms with Gasteiger partial charge >= 0.3 is 0 Å². The van der Waals surface area contributed by atoms with Gasteiger partial charge in [-0.2, -0.15) is 0 Å². The van der Waals surface area contributed by atoms with E-state index >= 15 is 0 Å². The number of fused-ring (bicyclic) bond motifs is 4. The highest BCUT2D eigenvalue weighted by molar-refractivity contribution is 8.06. The lowest BCUT2D eigenvalue weighted by Gasteiger charge is -2.19. The van der Waals surface area contributed by atoms with Crippen molar-refractivity contribution in [2.24, 2.45) is 0 Å². The fourth-order valence-electron chi connectivity index (χ4n) is 4.92. The minimum atomic E-state index is 0.533. The normalized spacial score (nSPS) is 17.1. The first kappa shape index (κ1) is 26.6. The number of hydrogen-bond donors (Lipinski definition) is 0. The van der Waals surface area contributed by atoms with Gasteiger partial charge in [0.05, 0.1) is 29.3 Å². The molecule has 0 fully saturated rings. The van der Waals surface area contributed by atoms with Crippen LogP contribution in [0, 0.1) is 0 Å². The Hall–Kier alpha value is -1.00. The van der Waals surface area contributed by atoms with Crippen LogP contribution in [0.2, 0.25) is 0 Å².